The Morgan fingerprint density at radius 3 is 2.48 bits per heavy atom. The highest BCUT2D eigenvalue weighted by molar-refractivity contribution is 7.16. The van der Waals surface area contributed by atoms with Gasteiger partial charge in [-0.15, -0.1) is 6.58 Å². The van der Waals surface area contributed by atoms with Gasteiger partial charge < -0.3 is 14.0 Å². The van der Waals surface area contributed by atoms with Crippen LogP contribution in [0.3, 0.4) is 0 Å². The van der Waals surface area contributed by atoms with Crippen LogP contribution < -0.4 is 14.3 Å². The van der Waals surface area contributed by atoms with E-state index in [1.54, 1.807) is 24.3 Å². The highest BCUT2D eigenvalue weighted by Crippen LogP contribution is 2.29. The zero-order chi connectivity index (χ0) is 17.8. The molecule has 0 aliphatic rings. The number of hydrogen-bond donors (Lipinski definition) is 0. The number of thiazole rings is 1. The minimum absolute atomic E-state index is 0.315. The summed E-state index contributed by atoms with van der Waals surface area (Å²) < 4.78 is 13.6. The van der Waals surface area contributed by atoms with Crippen molar-refractivity contribution in [3.8, 4) is 11.5 Å². The van der Waals surface area contributed by atoms with Crippen LogP contribution in [-0.2, 0) is 6.54 Å². The number of benzene rings is 2. The van der Waals surface area contributed by atoms with Crippen molar-refractivity contribution in [3.63, 3.8) is 0 Å². The van der Waals surface area contributed by atoms with Crippen LogP contribution in [0.2, 0.25) is 0 Å². The van der Waals surface area contributed by atoms with Crippen LogP contribution in [0.4, 0.5) is 0 Å². The molecule has 0 aliphatic heterocycles. The van der Waals surface area contributed by atoms with E-state index in [-0.39, 0.29) is 0 Å². The molecule has 0 atom stereocenters. The molecule has 0 saturated carbocycles. The fourth-order valence-corrected chi connectivity index (χ4v) is 3.65. The van der Waals surface area contributed by atoms with Gasteiger partial charge in [0.05, 0.1) is 24.4 Å². The number of para-hydroxylation sites is 1. The molecule has 0 fully saturated rings. The van der Waals surface area contributed by atoms with Gasteiger partial charge in [0.1, 0.15) is 17.1 Å². The quantitative estimate of drug-likeness (QED) is 0.657. The lowest BCUT2D eigenvalue weighted by Crippen LogP contribution is -2.16. The number of rotatable bonds is 5. The number of ether oxygens (including phenoxy) is 2. The van der Waals surface area contributed by atoms with Crippen LogP contribution in [0.25, 0.3) is 10.2 Å². The molecule has 0 spiro atoms. The summed E-state index contributed by atoms with van der Waals surface area (Å²) in [5.41, 5.74) is 1.33. The van der Waals surface area contributed by atoms with Gasteiger partial charge in [0.15, 0.2) is 4.80 Å². The SMILES string of the molecule is C=CCn1c(=NC(=O)c2c(OC)cccc2OC)sc2ccccc21. The summed E-state index contributed by atoms with van der Waals surface area (Å²) >= 11 is 1.46. The van der Waals surface area contributed by atoms with Gasteiger partial charge >= 0.3 is 0 Å². The molecular weight excluding hydrogens is 336 g/mol. The van der Waals surface area contributed by atoms with Gasteiger partial charge in [-0.05, 0) is 24.3 Å². The monoisotopic (exact) mass is 354 g/mol. The van der Waals surface area contributed by atoms with Gasteiger partial charge in [-0.3, -0.25) is 4.79 Å². The third-order valence-corrected chi connectivity index (χ3v) is 4.80. The van der Waals surface area contributed by atoms with Gasteiger partial charge in [0, 0.05) is 6.54 Å². The van der Waals surface area contributed by atoms with E-state index in [2.05, 4.69) is 11.6 Å². The van der Waals surface area contributed by atoms with E-state index < -0.39 is 5.91 Å². The van der Waals surface area contributed by atoms with Gasteiger partial charge in [-0.25, -0.2) is 0 Å². The molecule has 3 rings (SSSR count). The molecule has 3 aromatic rings. The van der Waals surface area contributed by atoms with Crippen molar-refractivity contribution >= 4 is 27.5 Å². The third kappa shape index (κ3) is 3.21. The highest BCUT2D eigenvalue weighted by atomic mass is 32.1. The lowest BCUT2D eigenvalue weighted by Gasteiger charge is -2.09. The Morgan fingerprint density at radius 2 is 1.84 bits per heavy atom. The number of hydrogen-bond acceptors (Lipinski definition) is 4. The second kappa shape index (κ2) is 7.36. The van der Waals surface area contributed by atoms with E-state index in [1.807, 2.05) is 28.8 Å². The van der Waals surface area contributed by atoms with Crippen LogP contribution in [-0.4, -0.2) is 24.7 Å². The molecule has 6 heteroatoms. The Labute approximate surface area is 149 Å². The smallest absolute Gasteiger partial charge is 0.287 e. The average Bonchev–Trinajstić information content (AvgIpc) is 2.98. The Kier molecular flexibility index (Phi) is 5.00. The first kappa shape index (κ1) is 17.0. The molecule has 1 amide bonds. The molecule has 0 radical (unpaired) electrons. The fourth-order valence-electron chi connectivity index (χ4n) is 2.62. The number of aromatic nitrogens is 1. The minimum Gasteiger partial charge on any atom is -0.496 e. The highest BCUT2D eigenvalue weighted by Gasteiger charge is 2.18. The third-order valence-electron chi connectivity index (χ3n) is 3.74. The summed E-state index contributed by atoms with van der Waals surface area (Å²) in [6.07, 6.45) is 1.78. The lowest BCUT2D eigenvalue weighted by molar-refractivity contribution is 0.0992. The molecule has 0 saturated heterocycles. The molecule has 25 heavy (non-hydrogen) atoms. The van der Waals surface area contributed by atoms with Crippen LogP contribution in [0.15, 0.2) is 60.1 Å². The Balaban J connectivity index is 2.19. The second-order valence-electron chi connectivity index (χ2n) is 5.21. The fraction of sp³-hybridized carbons (Fsp3) is 0.158. The topological polar surface area (TPSA) is 52.8 Å². The van der Waals surface area contributed by atoms with Crippen LogP contribution in [0.5, 0.6) is 11.5 Å². The van der Waals surface area contributed by atoms with Gasteiger partial charge in [0.2, 0.25) is 0 Å². The number of carbonyl (C=O) groups is 1. The molecule has 5 nitrogen and oxygen atoms in total. The van der Waals surface area contributed by atoms with E-state index in [0.29, 0.717) is 28.4 Å². The molecule has 2 aromatic carbocycles. The van der Waals surface area contributed by atoms with E-state index in [9.17, 15) is 4.79 Å². The first-order chi connectivity index (χ1) is 12.2. The van der Waals surface area contributed by atoms with Gasteiger partial charge in [0.25, 0.3) is 5.91 Å². The molecule has 0 unspecified atom stereocenters. The van der Waals surface area contributed by atoms with E-state index in [4.69, 9.17) is 9.47 Å². The average molecular weight is 354 g/mol. The zero-order valence-electron chi connectivity index (χ0n) is 14.1. The number of amides is 1. The lowest BCUT2D eigenvalue weighted by atomic mass is 10.1. The Morgan fingerprint density at radius 1 is 1.16 bits per heavy atom. The number of carbonyl (C=O) groups excluding carboxylic acids is 1. The van der Waals surface area contributed by atoms with Gasteiger partial charge in [-0.2, -0.15) is 4.99 Å². The van der Waals surface area contributed by atoms with Crippen molar-refractivity contribution in [1.29, 1.82) is 0 Å². The summed E-state index contributed by atoms with van der Waals surface area (Å²) in [6, 6.07) is 13.1. The number of fused-ring (bicyclic) bond motifs is 1. The summed E-state index contributed by atoms with van der Waals surface area (Å²) in [5, 5.41) is 0. The normalized spacial score (nSPS) is 11.5. The summed E-state index contributed by atoms with van der Waals surface area (Å²) in [5.74, 6) is 0.465. The maximum Gasteiger partial charge on any atom is 0.287 e. The number of methoxy groups -OCH3 is 2. The van der Waals surface area contributed by atoms with Crippen molar-refractivity contribution in [3.05, 3.63) is 65.5 Å². The second-order valence-corrected chi connectivity index (χ2v) is 6.22. The van der Waals surface area contributed by atoms with Crippen molar-refractivity contribution in [2.45, 2.75) is 6.54 Å². The minimum atomic E-state index is -0.404. The van der Waals surface area contributed by atoms with Gasteiger partial charge in [-0.1, -0.05) is 35.6 Å². The van der Waals surface area contributed by atoms with Crippen LogP contribution >= 0.6 is 11.3 Å². The Hall–Kier alpha value is -2.86. The van der Waals surface area contributed by atoms with Crippen molar-refractivity contribution in [2.24, 2.45) is 4.99 Å². The Bertz CT molecular complexity index is 979. The molecule has 1 heterocycles. The van der Waals surface area contributed by atoms with E-state index >= 15 is 0 Å². The molecule has 0 N–H and O–H groups in total. The summed E-state index contributed by atoms with van der Waals surface area (Å²) in [6.45, 7) is 4.36. The predicted molar refractivity (Wildman–Crippen MR) is 99.5 cm³/mol. The molecule has 1 aromatic heterocycles. The zero-order valence-corrected chi connectivity index (χ0v) is 14.9. The molecule has 0 aliphatic carbocycles. The largest absolute Gasteiger partial charge is 0.496 e. The maximum atomic E-state index is 12.8. The number of nitrogens with zero attached hydrogens (tertiary/aromatic N) is 2. The first-order valence-corrected chi connectivity index (χ1v) is 8.50. The van der Waals surface area contributed by atoms with Crippen LogP contribution in [0, 0.1) is 0 Å². The molecule has 0 bridgehead atoms. The molecule has 128 valence electrons. The summed E-state index contributed by atoms with van der Waals surface area (Å²) in [4.78, 5) is 17.8. The first-order valence-electron chi connectivity index (χ1n) is 7.69. The summed E-state index contributed by atoms with van der Waals surface area (Å²) in [7, 11) is 3.03. The van der Waals surface area contributed by atoms with Crippen molar-refractivity contribution < 1.29 is 14.3 Å². The molecular formula is C19H18N2O3S. The maximum absolute atomic E-state index is 12.8. The standard InChI is InChI=1S/C19H18N2O3S/c1-4-12-21-13-8-5-6-11-16(13)25-19(21)20-18(22)17-14(23-2)9-7-10-15(17)24-3/h4-11H,1,12H2,2-3H3. The van der Waals surface area contributed by atoms with Crippen molar-refractivity contribution in [1.82, 2.24) is 4.57 Å². The van der Waals surface area contributed by atoms with E-state index in [1.165, 1.54) is 25.6 Å². The van der Waals surface area contributed by atoms with Crippen molar-refractivity contribution in [2.75, 3.05) is 14.2 Å². The van der Waals surface area contributed by atoms with E-state index in [0.717, 1.165) is 10.2 Å². The number of allylic oxidation sites excluding steroid dienone is 1. The van der Waals surface area contributed by atoms with Crippen LogP contribution in [0.1, 0.15) is 10.4 Å². The predicted octanol–water partition coefficient (Wildman–Crippen LogP) is 3.65.